The highest BCUT2D eigenvalue weighted by Gasteiger charge is 2.05. The molecule has 0 aromatic carbocycles. The fourth-order valence-corrected chi connectivity index (χ4v) is 2.05. The fourth-order valence-electron chi connectivity index (χ4n) is 2.05. The van der Waals surface area contributed by atoms with Gasteiger partial charge in [0.25, 0.3) is 0 Å². The summed E-state index contributed by atoms with van der Waals surface area (Å²) in [6.45, 7) is 10.1. The van der Waals surface area contributed by atoms with Crippen LogP contribution in [0.1, 0.15) is 46.1 Å². The van der Waals surface area contributed by atoms with Crippen molar-refractivity contribution in [2.45, 2.75) is 53.2 Å². The van der Waals surface area contributed by atoms with E-state index >= 15 is 0 Å². The zero-order chi connectivity index (χ0) is 16.4. The van der Waals surface area contributed by atoms with Crippen LogP contribution in [0, 0.1) is 5.92 Å². The van der Waals surface area contributed by atoms with Crippen LogP contribution < -0.4 is 15.4 Å². The fraction of sp³-hybridized carbons (Fsp3) is 0.647. The number of ether oxygens (including phenoxy) is 1. The first-order valence-electron chi connectivity index (χ1n) is 8.15. The SMILES string of the molecule is CCC(CC)CNC(=NC)NCc1ccc(OC(C)C)nc1.I. The van der Waals surface area contributed by atoms with Gasteiger partial charge >= 0.3 is 0 Å². The molecule has 1 aromatic rings. The Hall–Kier alpha value is -1.05. The molecule has 5 nitrogen and oxygen atoms in total. The molecule has 1 rings (SSSR count). The zero-order valence-electron chi connectivity index (χ0n) is 14.9. The Kier molecular flexibility index (Phi) is 11.8. The van der Waals surface area contributed by atoms with E-state index in [0.717, 1.165) is 18.1 Å². The van der Waals surface area contributed by atoms with Crippen molar-refractivity contribution in [2.24, 2.45) is 10.9 Å². The molecule has 0 unspecified atom stereocenters. The second-order valence-corrected chi connectivity index (χ2v) is 5.66. The molecule has 23 heavy (non-hydrogen) atoms. The minimum atomic E-state index is 0. The molecule has 0 aliphatic heterocycles. The van der Waals surface area contributed by atoms with Crippen molar-refractivity contribution in [3.8, 4) is 5.88 Å². The zero-order valence-corrected chi connectivity index (χ0v) is 17.3. The molecule has 0 bridgehead atoms. The summed E-state index contributed by atoms with van der Waals surface area (Å²) in [6.07, 6.45) is 4.34. The summed E-state index contributed by atoms with van der Waals surface area (Å²) in [4.78, 5) is 8.55. The van der Waals surface area contributed by atoms with E-state index in [1.54, 1.807) is 7.05 Å². The van der Waals surface area contributed by atoms with Crippen molar-refractivity contribution in [3.05, 3.63) is 23.9 Å². The van der Waals surface area contributed by atoms with Crippen LogP contribution >= 0.6 is 24.0 Å². The largest absolute Gasteiger partial charge is 0.475 e. The summed E-state index contributed by atoms with van der Waals surface area (Å²) >= 11 is 0. The van der Waals surface area contributed by atoms with E-state index in [4.69, 9.17) is 4.74 Å². The van der Waals surface area contributed by atoms with Crippen LogP contribution in [0.3, 0.4) is 0 Å². The van der Waals surface area contributed by atoms with Gasteiger partial charge in [-0.05, 0) is 25.3 Å². The summed E-state index contributed by atoms with van der Waals surface area (Å²) in [5.74, 6) is 2.18. The minimum Gasteiger partial charge on any atom is -0.475 e. The maximum atomic E-state index is 5.54. The van der Waals surface area contributed by atoms with E-state index in [1.807, 2.05) is 32.2 Å². The van der Waals surface area contributed by atoms with Crippen molar-refractivity contribution in [2.75, 3.05) is 13.6 Å². The molecule has 1 heterocycles. The molecule has 0 saturated heterocycles. The first kappa shape index (κ1) is 21.9. The van der Waals surface area contributed by atoms with Crippen molar-refractivity contribution in [1.29, 1.82) is 0 Å². The van der Waals surface area contributed by atoms with Crippen LogP contribution in [0.4, 0.5) is 0 Å². The van der Waals surface area contributed by atoms with Gasteiger partial charge in [-0.1, -0.05) is 32.8 Å². The molecule has 0 atom stereocenters. The predicted molar refractivity (Wildman–Crippen MR) is 108 cm³/mol. The molecule has 0 radical (unpaired) electrons. The number of nitrogens with one attached hydrogen (secondary N) is 2. The number of pyridine rings is 1. The lowest BCUT2D eigenvalue weighted by Gasteiger charge is -2.16. The Balaban J connectivity index is 0.00000484. The van der Waals surface area contributed by atoms with E-state index < -0.39 is 0 Å². The number of hydrogen-bond acceptors (Lipinski definition) is 3. The second kappa shape index (κ2) is 12.4. The molecule has 2 N–H and O–H groups in total. The topological polar surface area (TPSA) is 58.5 Å². The van der Waals surface area contributed by atoms with Gasteiger partial charge in [0.05, 0.1) is 6.10 Å². The second-order valence-electron chi connectivity index (χ2n) is 5.66. The Morgan fingerprint density at radius 2 is 1.91 bits per heavy atom. The van der Waals surface area contributed by atoms with Crippen molar-refractivity contribution in [3.63, 3.8) is 0 Å². The number of rotatable bonds is 8. The Morgan fingerprint density at radius 3 is 2.39 bits per heavy atom. The molecular weight excluding hydrogens is 403 g/mol. The summed E-state index contributed by atoms with van der Waals surface area (Å²) in [5.41, 5.74) is 1.10. The summed E-state index contributed by atoms with van der Waals surface area (Å²) in [7, 11) is 1.79. The predicted octanol–water partition coefficient (Wildman–Crippen LogP) is 3.59. The molecule has 1 aromatic heterocycles. The molecule has 6 heteroatoms. The average Bonchev–Trinajstić information content (AvgIpc) is 2.52. The lowest BCUT2D eigenvalue weighted by Crippen LogP contribution is -2.39. The monoisotopic (exact) mass is 434 g/mol. The molecule has 0 aliphatic carbocycles. The van der Waals surface area contributed by atoms with Crippen LogP contribution in [-0.2, 0) is 6.54 Å². The number of nitrogens with zero attached hydrogens (tertiary/aromatic N) is 2. The molecular formula is C17H31IN4O. The van der Waals surface area contributed by atoms with Gasteiger partial charge in [-0.2, -0.15) is 0 Å². The third-order valence-electron chi connectivity index (χ3n) is 3.55. The lowest BCUT2D eigenvalue weighted by molar-refractivity contribution is 0.232. The van der Waals surface area contributed by atoms with Gasteiger partial charge < -0.3 is 15.4 Å². The number of halogens is 1. The maximum Gasteiger partial charge on any atom is 0.213 e. The van der Waals surface area contributed by atoms with E-state index in [0.29, 0.717) is 18.3 Å². The Labute approximate surface area is 157 Å². The van der Waals surface area contributed by atoms with E-state index in [2.05, 4.69) is 34.5 Å². The highest BCUT2D eigenvalue weighted by molar-refractivity contribution is 14.0. The molecule has 132 valence electrons. The van der Waals surface area contributed by atoms with Crippen molar-refractivity contribution >= 4 is 29.9 Å². The average molecular weight is 434 g/mol. The third-order valence-corrected chi connectivity index (χ3v) is 3.55. The Morgan fingerprint density at radius 1 is 1.22 bits per heavy atom. The van der Waals surface area contributed by atoms with E-state index in [-0.39, 0.29) is 30.1 Å². The van der Waals surface area contributed by atoms with Gasteiger partial charge in [0.15, 0.2) is 5.96 Å². The van der Waals surface area contributed by atoms with Crippen LogP contribution in [0.5, 0.6) is 5.88 Å². The van der Waals surface area contributed by atoms with Crippen LogP contribution in [0.15, 0.2) is 23.3 Å². The van der Waals surface area contributed by atoms with E-state index in [1.165, 1.54) is 12.8 Å². The van der Waals surface area contributed by atoms with Gasteiger partial charge in [-0.15, -0.1) is 24.0 Å². The number of aliphatic imine (C=N–C) groups is 1. The van der Waals surface area contributed by atoms with Gasteiger partial charge in [-0.3, -0.25) is 4.99 Å². The summed E-state index contributed by atoms with van der Waals surface area (Å²) < 4.78 is 5.54. The van der Waals surface area contributed by atoms with Gasteiger partial charge in [-0.25, -0.2) is 4.98 Å². The highest BCUT2D eigenvalue weighted by atomic mass is 127. The smallest absolute Gasteiger partial charge is 0.213 e. The molecule has 0 spiro atoms. The summed E-state index contributed by atoms with van der Waals surface area (Å²) in [5, 5.41) is 6.68. The van der Waals surface area contributed by atoms with Crippen LogP contribution in [-0.4, -0.2) is 30.6 Å². The van der Waals surface area contributed by atoms with E-state index in [9.17, 15) is 0 Å². The molecule has 0 saturated carbocycles. The van der Waals surface area contributed by atoms with Gasteiger partial charge in [0.1, 0.15) is 0 Å². The van der Waals surface area contributed by atoms with Gasteiger partial charge in [0, 0.05) is 32.4 Å². The maximum absolute atomic E-state index is 5.54. The van der Waals surface area contributed by atoms with Crippen molar-refractivity contribution < 1.29 is 4.74 Å². The first-order valence-corrected chi connectivity index (χ1v) is 8.15. The highest BCUT2D eigenvalue weighted by Crippen LogP contribution is 2.09. The van der Waals surface area contributed by atoms with Crippen LogP contribution in [0.25, 0.3) is 0 Å². The Bertz CT molecular complexity index is 444. The number of aromatic nitrogens is 1. The van der Waals surface area contributed by atoms with Gasteiger partial charge in [0.2, 0.25) is 5.88 Å². The standard InChI is InChI=1S/C17H30N4O.HI/c1-6-14(7-2)10-20-17(18-5)21-12-15-8-9-16(19-11-15)22-13(3)4;/h8-9,11,13-14H,6-7,10,12H2,1-5H3,(H2,18,20,21);1H. The minimum absolute atomic E-state index is 0. The lowest BCUT2D eigenvalue weighted by atomic mass is 10.0. The van der Waals surface area contributed by atoms with Crippen molar-refractivity contribution in [1.82, 2.24) is 15.6 Å². The first-order chi connectivity index (χ1) is 10.6. The molecule has 0 amide bonds. The number of guanidine groups is 1. The molecule has 0 fully saturated rings. The van der Waals surface area contributed by atoms with Crippen LogP contribution in [0.2, 0.25) is 0 Å². The number of hydrogen-bond donors (Lipinski definition) is 2. The molecule has 0 aliphatic rings. The quantitative estimate of drug-likeness (QED) is 0.373. The summed E-state index contributed by atoms with van der Waals surface area (Å²) in [6, 6.07) is 3.92. The normalized spacial score (nSPS) is 11.3. The third kappa shape index (κ3) is 8.98.